The Balaban J connectivity index is 1.87. The second kappa shape index (κ2) is 5.34. The first-order valence-corrected chi connectivity index (χ1v) is 8.12. The summed E-state index contributed by atoms with van der Waals surface area (Å²) in [5, 5.41) is 4.39. The van der Waals surface area contributed by atoms with Crippen LogP contribution in [0.2, 0.25) is 0 Å². The minimum absolute atomic E-state index is 0.314. The van der Waals surface area contributed by atoms with Gasteiger partial charge in [0.15, 0.2) is 5.82 Å². The zero-order chi connectivity index (χ0) is 13.2. The van der Waals surface area contributed by atoms with Gasteiger partial charge >= 0.3 is 0 Å². The SMILES string of the molecule is Nc1cc(N)cc(-c2nc(C3CSCCS3)no2)c1. The minimum Gasteiger partial charge on any atom is -0.399 e. The molecule has 2 aromatic rings. The molecule has 4 N–H and O–H groups in total. The van der Waals surface area contributed by atoms with Crippen LogP contribution < -0.4 is 11.5 Å². The number of thioether (sulfide) groups is 2. The largest absolute Gasteiger partial charge is 0.399 e. The smallest absolute Gasteiger partial charge is 0.258 e. The molecular weight excluding hydrogens is 280 g/mol. The quantitative estimate of drug-likeness (QED) is 0.822. The number of nitrogens with two attached hydrogens (primary N) is 2. The number of anilines is 2. The van der Waals surface area contributed by atoms with Crippen LogP contribution in [0.1, 0.15) is 11.1 Å². The van der Waals surface area contributed by atoms with Gasteiger partial charge in [-0.1, -0.05) is 5.16 Å². The van der Waals surface area contributed by atoms with Crippen molar-refractivity contribution in [2.24, 2.45) is 0 Å². The highest BCUT2D eigenvalue weighted by molar-refractivity contribution is 8.06. The Bertz CT molecular complexity index is 561. The van der Waals surface area contributed by atoms with Crippen LogP contribution in [0.15, 0.2) is 22.7 Å². The number of aromatic nitrogens is 2. The van der Waals surface area contributed by atoms with E-state index in [0.717, 1.165) is 22.9 Å². The fourth-order valence-electron chi connectivity index (χ4n) is 1.92. The zero-order valence-electron chi connectivity index (χ0n) is 10.2. The summed E-state index contributed by atoms with van der Waals surface area (Å²) < 4.78 is 5.32. The van der Waals surface area contributed by atoms with Crippen LogP contribution in [0, 0.1) is 0 Å². The second-order valence-corrected chi connectivity index (χ2v) is 6.74. The highest BCUT2D eigenvalue weighted by atomic mass is 32.2. The lowest BCUT2D eigenvalue weighted by Crippen LogP contribution is -2.07. The van der Waals surface area contributed by atoms with E-state index in [1.54, 1.807) is 18.2 Å². The van der Waals surface area contributed by atoms with Gasteiger partial charge in [-0.3, -0.25) is 0 Å². The molecule has 1 aromatic heterocycles. The van der Waals surface area contributed by atoms with Crippen LogP contribution in [0.25, 0.3) is 11.5 Å². The van der Waals surface area contributed by atoms with Gasteiger partial charge in [-0.15, -0.1) is 11.8 Å². The van der Waals surface area contributed by atoms with Crippen LogP contribution >= 0.6 is 23.5 Å². The zero-order valence-corrected chi connectivity index (χ0v) is 11.8. The Kier molecular flexibility index (Phi) is 3.56. The van der Waals surface area contributed by atoms with Crippen molar-refractivity contribution in [3.63, 3.8) is 0 Å². The normalized spacial score (nSPS) is 19.5. The average Bonchev–Trinajstić information content (AvgIpc) is 2.88. The van der Waals surface area contributed by atoms with E-state index in [1.807, 2.05) is 23.5 Å². The van der Waals surface area contributed by atoms with Crippen LogP contribution in [0.3, 0.4) is 0 Å². The fraction of sp³-hybridized carbons (Fsp3) is 0.333. The van der Waals surface area contributed by atoms with Gasteiger partial charge in [-0.2, -0.15) is 16.7 Å². The second-order valence-electron chi connectivity index (χ2n) is 4.28. The molecule has 3 rings (SSSR count). The predicted molar refractivity (Wildman–Crippen MR) is 81.1 cm³/mol. The molecule has 1 aliphatic heterocycles. The summed E-state index contributed by atoms with van der Waals surface area (Å²) in [5.74, 6) is 4.59. The molecule has 1 fully saturated rings. The lowest BCUT2D eigenvalue weighted by molar-refractivity contribution is 0.423. The summed E-state index contributed by atoms with van der Waals surface area (Å²) in [4.78, 5) is 4.46. The van der Waals surface area contributed by atoms with E-state index in [4.69, 9.17) is 16.0 Å². The topological polar surface area (TPSA) is 91.0 Å². The molecule has 1 aliphatic rings. The van der Waals surface area contributed by atoms with E-state index < -0.39 is 0 Å². The third-order valence-corrected chi connectivity index (χ3v) is 5.52. The molecule has 19 heavy (non-hydrogen) atoms. The molecule has 1 aromatic carbocycles. The Morgan fingerprint density at radius 1 is 1.16 bits per heavy atom. The molecule has 100 valence electrons. The predicted octanol–water partition coefficient (Wildman–Crippen LogP) is 2.42. The first-order chi connectivity index (χ1) is 9.22. The van der Waals surface area contributed by atoms with Crippen molar-refractivity contribution in [3.05, 3.63) is 24.0 Å². The molecule has 0 bridgehead atoms. The van der Waals surface area contributed by atoms with E-state index >= 15 is 0 Å². The number of benzene rings is 1. The number of nitrogens with zero attached hydrogens (tertiary/aromatic N) is 2. The van der Waals surface area contributed by atoms with Gasteiger partial charge in [0.05, 0.1) is 5.25 Å². The van der Waals surface area contributed by atoms with Gasteiger partial charge in [-0.25, -0.2) is 0 Å². The molecular formula is C12H14N4OS2. The maximum absolute atomic E-state index is 5.77. The number of hydrogen-bond acceptors (Lipinski definition) is 7. The highest BCUT2D eigenvalue weighted by Gasteiger charge is 2.22. The Hall–Kier alpha value is -1.34. The summed E-state index contributed by atoms with van der Waals surface area (Å²) in [7, 11) is 0. The van der Waals surface area contributed by atoms with Crippen molar-refractivity contribution in [1.82, 2.24) is 10.1 Å². The van der Waals surface area contributed by atoms with Crippen LogP contribution in [0.5, 0.6) is 0 Å². The first kappa shape index (κ1) is 12.7. The van der Waals surface area contributed by atoms with Gasteiger partial charge in [0.1, 0.15) is 0 Å². The number of rotatable bonds is 2. The van der Waals surface area contributed by atoms with E-state index in [0.29, 0.717) is 22.5 Å². The Labute approximate surface area is 119 Å². The maximum Gasteiger partial charge on any atom is 0.258 e. The van der Waals surface area contributed by atoms with Gasteiger partial charge in [0.25, 0.3) is 5.89 Å². The molecule has 1 atom stereocenters. The molecule has 7 heteroatoms. The van der Waals surface area contributed by atoms with Crippen LogP contribution in [0.4, 0.5) is 11.4 Å². The van der Waals surface area contributed by atoms with Gasteiger partial charge in [0, 0.05) is 34.2 Å². The molecule has 0 radical (unpaired) electrons. The van der Waals surface area contributed by atoms with Crippen molar-refractivity contribution in [2.75, 3.05) is 28.7 Å². The highest BCUT2D eigenvalue weighted by Crippen LogP contribution is 2.36. The summed E-state index contributed by atoms with van der Waals surface area (Å²) in [6, 6.07) is 5.28. The minimum atomic E-state index is 0.314. The fourth-order valence-corrected chi connectivity index (χ4v) is 4.51. The summed E-state index contributed by atoms with van der Waals surface area (Å²) >= 11 is 3.80. The van der Waals surface area contributed by atoms with Crippen molar-refractivity contribution >= 4 is 34.9 Å². The van der Waals surface area contributed by atoms with Gasteiger partial charge in [0.2, 0.25) is 0 Å². The summed E-state index contributed by atoms with van der Waals surface area (Å²) in [6.07, 6.45) is 0. The van der Waals surface area contributed by atoms with E-state index in [-0.39, 0.29) is 0 Å². The number of hydrogen-bond donors (Lipinski definition) is 2. The first-order valence-electron chi connectivity index (χ1n) is 5.92. The summed E-state index contributed by atoms with van der Waals surface area (Å²) in [5.41, 5.74) is 13.5. The molecule has 0 spiro atoms. The van der Waals surface area contributed by atoms with Crippen LogP contribution in [-0.2, 0) is 0 Å². The summed E-state index contributed by atoms with van der Waals surface area (Å²) in [6.45, 7) is 0. The molecule has 1 saturated heterocycles. The van der Waals surface area contributed by atoms with Crippen molar-refractivity contribution in [3.8, 4) is 11.5 Å². The standard InChI is InChI=1S/C12H14N4OS2/c13-8-3-7(4-9(14)5-8)12-15-11(16-17-12)10-6-18-1-2-19-10/h3-5,10H,1-2,6,13-14H2. The molecule has 0 saturated carbocycles. The third-order valence-electron chi connectivity index (χ3n) is 2.77. The molecule has 2 heterocycles. The molecule has 0 amide bonds. The average molecular weight is 294 g/mol. The lowest BCUT2D eigenvalue weighted by atomic mass is 10.2. The van der Waals surface area contributed by atoms with Gasteiger partial charge in [-0.05, 0) is 18.2 Å². The Morgan fingerprint density at radius 3 is 2.63 bits per heavy atom. The lowest BCUT2D eigenvalue weighted by Gasteiger charge is -2.16. The molecule has 1 unspecified atom stereocenters. The molecule has 5 nitrogen and oxygen atoms in total. The van der Waals surface area contributed by atoms with Crippen molar-refractivity contribution in [2.45, 2.75) is 5.25 Å². The maximum atomic E-state index is 5.77. The van der Waals surface area contributed by atoms with Crippen LogP contribution in [-0.4, -0.2) is 27.4 Å². The van der Waals surface area contributed by atoms with Crippen molar-refractivity contribution in [1.29, 1.82) is 0 Å². The van der Waals surface area contributed by atoms with E-state index in [2.05, 4.69) is 10.1 Å². The molecule has 0 aliphatic carbocycles. The monoisotopic (exact) mass is 294 g/mol. The van der Waals surface area contributed by atoms with Crippen molar-refractivity contribution < 1.29 is 4.52 Å². The van der Waals surface area contributed by atoms with Gasteiger partial charge < -0.3 is 16.0 Å². The number of nitrogen functional groups attached to an aromatic ring is 2. The van der Waals surface area contributed by atoms with E-state index in [1.165, 1.54) is 5.75 Å². The van der Waals surface area contributed by atoms with E-state index in [9.17, 15) is 0 Å². The third kappa shape index (κ3) is 2.82. The Morgan fingerprint density at radius 2 is 1.95 bits per heavy atom.